The van der Waals surface area contributed by atoms with E-state index in [2.05, 4.69) is 28.8 Å². The number of rotatable bonds is 3. The summed E-state index contributed by atoms with van der Waals surface area (Å²) in [6.07, 6.45) is 5.65. The van der Waals surface area contributed by atoms with Gasteiger partial charge < -0.3 is 10.6 Å². The van der Waals surface area contributed by atoms with Gasteiger partial charge in [0.2, 0.25) is 0 Å². The van der Waals surface area contributed by atoms with Crippen molar-refractivity contribution < 1.29 is 9.18 Å². The Kier molecular flexibility index (Phi) is 3.18. The van der Waals surface area contributed by atoms with Crippen LogP contribution in [0, 0.1) is 11.7 Å². The van der Waals surface area contributed by atoms with Crippen molar-refractivity contribution in [2.24, 2.45) is 5.92 Å². The molecule has 0 bridgehead atoms. The van der Waals surface area contributed by atoms with Gasteiger partial charge in [0.05, 0.1) is 5.54 Å². The van der Waals surface area contributed by atoms with Crippen molar-refractivity contribution in [1.82, 2.24) is 5.32 Å². The number of carbonyl (C=O) groups is 1. The Bertz CT molecular complexity index is 841. The van der Waals surface area contributed by atoms with Crippen molar-refractivity contribution in [1.29, 1.82) is 0 Å². The number of hydrogen-bond donors (Lipinski definition) is 2. The van der Waals surface area contributed by atoms with Crippen LogP contribution in [-0.4, -0.2) is 11.9 Å². The first kappa shape index (κ1) is 14.9. The monoisotopic (exact) mass is 336 g/mol. The van der Waals surface area contributed by atoms with Gasteiger partial charge in [-0.3, -0.25) is 4.79 Å². The molecule has 0 saturated heterocycles. The molecule has 2 fully saturated rings. The molecule has 5 rings (SSSR count). The predicted octanol–water partition coefficient (Wildman–Crippen LogP) is 3.99. The fraction of sp³-hybridized carbons (Fsp3) is 0.381. The van der Waals surface area contributed by atoms with Crippen LogP contribution < -0.4 is 10.6 Å². The molecule has 2 N–H and O–H groups in total. The molecule has 2 aromatic carbocycles. The van der Waals surface area contributed by atoms with Gasteiger partial charge >= 0.3 is 0 Å². The molecule has 1 heterocycles. The Morgan fingerprint density at radius 2 is 1.92 bits per heavy atom. The van der Waals surface area contributed by atoms with Gasteiger partial charge in [0.1, 0.15) is 5.82 Å². The third-order valence-corrected chi connectivity index (χ3v) is 6.11. The average Bonchev–Trinajstić information content (AvgIpc) is 3.37. The van der Waals surface area contributed by atoms with E-state index < -0.39 is 0 Å². The summed E-state index contributed by atoms with van der Waals surface area (Å²) >= 11 is 0. The zero-order valence-electron chi connectivity index (χ0n) is 14.0. The van der Waals surface area contributed by atoms with Crippen LogP contribution in [0.5, 0.6) is 0 Å². The van der Waals surface area contributed by atoms with Gasteiger partial charge in [0.25, 0.3) is 5.91 Å². The normalized spacial score (nSPS) is 25.0. The third-order valence-electron chi connectivity index (χ3n) is 6.11. The number of halogens is 1. The van der Waals surface area contributed by atoms with E-state index in [1.165, 1.54) is 53.9 Å². The van der Waals surface area contributed by atoms with Crippen LogP contribution in [-0.2, 0) is 12.0 Å². The van der Waals surface area contributed by atoms with Crippen LogP contribution in [0.2, 0.25) is 0 Å². The molecule has 3 nitrogen and oxygen atoms in total. The largest absolute Gasteiger partial charge is 0.382 e. The van der Waals surface area contributed by atoms with E-state index in [9.17, 15) is 9.18 Å². The molecule has 0 radical (unpaired) electrons. The van der Waals surface area contributed by atoms with Gasteiger partial charge in [-0.15, -0.1) is 0 Å². The molecule has 25 heavy (non-hydrogen) atoms. The van der Waals surface area contributed by atoms with E-state index in [1.807, 2.05) is 0 Å². The van der Waals surface area contributed by atoms with E-state index >= 15 is 0 Å². The Morgan fingerprint density at radius 3 is 2.60 bits per heavy atom. The highest BCUT2D eigenvalue weighted by molar-refractivity contribution is 5.95. The summed E-state index contributed by atoms with van der Waals surface area (Å²) in [6, 6.07) is 13.0. The molecular formula is C21H21FN2O. The zero-order chi connectivity index (χ0) is 17.0. The van der Waals surface area contributed by atoms with Crippen molar-refractivity contribution >= 4 is 11.6 Å². The molecule has 3 aliphatic rings. The quantitative estimate of drug-likeness (QED) is 0.890. The van der Waals surface area contributed by atoms with Crippen LogP contribution in [0.15, 0.2) is 42.5 Å². The Balaban J connectivity index is 1.38. The van der Waals surface area contributed by atoms with Gasteiger partial charge in [-0.2, -0.15) is 0 Å². The molecule has 2 unspecified atom stereocenters. The lowest BCUT2D eigenvalue weighted by Gasteiger charge is -2.43. The molecule has 4 heteroatoms. The molecule has 0 aromatic heterocycles. The van der Waals surface area contributed by atoms with E-state index in [-0.39, 0.29) is 17.3 Å². The van der Waals surface area contributed by atoms with Crippen molar-refractivity contribution in [3.05, 3.63) is 65.0 Å². The van der Waals surface area contributed by atoms with Gasteiger partial charge in [-0.25, -0.2) is 4.39 Å². The van der Waals surface area contributed by atoms with Crippen molar-refractivity contribution in [2.45, 2.75) is 43.7 Å². The smallest absolute Gasteiger partial charge is 0.251 e. The molecule has 2 atom stereocenters. The topological polar surface area (TPSA) is 41.1 Å². The SMILES string of the molecule is O=C(NC1(c2ccc3c(c2)CC2CCC2N3)CC1)c1ccc(F)cc1. The van der Waals surface area contributed by atoms with Crippen LogP contribution in [0.1, 0.15) is 47.2 Å². The second-order valence-corrected chi connectivity index (χ2v) is 7.71. The molecule has 128 valence electrons. The first-order valence-corrected chi connectivity index (χ1v) is 9.11. The first-order chi connectivity index (χ1) is 12.1. The zero-order valence-corrected chi connectivity index (χ0v) is 14.0. The number of carbonyl (C=O) groups excluding carboxylic acids is 1. The fourth-order valence-corrected chi connectivity index (χ4v) is 4.19. The standard InChI is InChI=1S/C21H21FN2O/c22-17-5-1-13(2-6-17)20(25)24-21(9-10-21)16-4-8-19-15(12-16)11-14-3-7-18(14)23-19/h1-2,4-6,8,12,14,18,23H,3,7,9-11H2,(H,24,25). The molecule has 1 amide bonds. The Hall–Kier alpha value is -2.36. The first-order valence-electron chi connectivity index (χ1n) is 9.11. The number of nitrogens with one attached hydrogen (secondary N) is 2. The highest BCUT2D eigenvalue weighted by Crippen LogP contribution is 2.48. The average molecular weight is 336 g/mol. The summed E-state index contributed by atoms with van der Waals surface area (Å²) in [4.78, 5) is 12.5. The minimum Gasteiger partial charge on any atom is -0.382 e. The molecule has 1 aliphatic heterocycles. The second-order valence-electron chi connectivity index (χ2n) is 7.71. The summed E-state index contributed by atoms with van der Waals surface area (Å²) in [5.41, 5.74) is 4.08. The van der Waals surface area contributed by atoms with E-state index in [0.717, 1.165) is 25.2 Å². The van der Waals surface area contributed by atoms with Crippen LogP contribution in [0.25, 0.3) is 0 Å². The maximum atomic E-state index is 13.1. The lowest BCUT2D eigenvalue weighted by atomic mass is 9.73. The summed E-state index contributed by atoms with van der Waals surface area (Å²) in [7, 11) is 0. The Labute approximate surface area is 146 Å². The number of hydrogen-bond acceptors (Lipinski definition) is 2. The minimum absolute atomic E-state index is 0.132. The van der Waals surface area contributed by atoms with Gasteiger partial charge in [-0.1, -0.05) is 12.1 Å². The van der Waals surface area contributed by atoms with Gasteiger partial charge in [-0.05, 0) is 79.5 Å². The molecule has 2 saturated carbocycles. The van der Waals surface area contributed by atoms with Crippen molar-refractivity contribution in [2.75, 3.05) is 5.32 Å². The molecule has 2 aliphatic carbocycles. The third kappa shape index (κ3) is 2.51. The van der Waals surface area contributed by atoms with Crippen LogP contribution >= 0.6 is 0 Å². The minimum atomic E-state index is -0.325. The number of fused-ring (bicyclic) bond motifs is 2. The number of amides is 1. The van der Waals surface area contributed by atoms with Crippen molar-refractivity contribution in [3.63, 3.8) is 0 Å². The molecule has 0 spiro atoms. The van der Waals surface area contributed by atoms with Crippen molar-refractivity contribution in [3.8, 4) is 0 Å². The number of anilines is 1. The lowest BCUT2D eigenvalue weighted by molar-refractivity contribution is 0.0930. The number of benzene rings is 2. The molecule has 2 aromatic rings. The van der Waals surface area contributed by atoms with E-state index in [4.69, 9.17) is 0 Å². The summed E-state index contributed by atoms with van der Waals surface area (Å²) in [5, 5.41) is 6.82. The van der Waals surface area contributed by atoms with E-state index in [1.54, 1.807) is 0 Å². The highest BCUT2D eigenvalue weighted by Gasteiger charge is 2.46. The fourth-order valence-electron chi connectivity index (χ4n) is 4.19. The summed E-state index contributed by atoms with van der Waals surface area (Å²) in [6.45, 7) is 0. The maximum Gasteiger partial charge on any atom is 0.251 e. The lowest BCUT2D eigenvalue weighted by Crippen LogP contribution is -2.43. The maximum absolute atomic E-state index is 13.1. The van der Waals surface area contributed by atoms with Gasteiger partial charge in [0, 0.05) is 17.3 Å². The van der Waals surface area contributed by atoms with Gasteiger partial charge in [0.15, 0.2) is 0 Å². The van der Waals surface area contributed by atoms with Crippen LogP contribution in [0.3, 0.4) is 0 Å². The summed E-state index contributed by atoms with van der Waals surface area (Å²) in [5.74, 6) is 0.313. The Morgan fingerprint density at radius 1 is 1.12 bits per heavy atom. The predicted molar refractivity (Wildman–Crippen MR) is 95.1 cm³/mol. The second kappa shape index (κ2) is 5.32. The summed E-state index contributed by atoms with van der Waals surface area (Å²) < 4.78 is 13.1. The highest BCUT2D eigenvalue weighted by atomic mass is 19.1. The molecular weight excluding hydrogens is 315 g/mol. The van der Waals surface area contributed by atoms with E-state index in [0.29, 0.717) is 11.6 Å². The van der Waals surface area contributed by atoms with Crippen LogP contribution in [0.4, 0.5) is 10.1 Å².